The lowest BCUT2D eigenvalue weighted by Crippen LogP contribution is -2.30. The summed E-state index contributed by atoms with van der Waals surface area (Å²) >= 11 is 0. The molecule has 0 N–H and O–H groups in total. The molecular formula is C20H20FN3O2. The maximum Gasteiger partial charge on any atom is 0.224 e. The first-order valence-electron chi connectivity index (χ1n) is 8.43. The van der Waals surface area contributed by atoms with Crippen LogP contribution in [0.4, 0.5) is 4.39 Å². The predicted octanol–water partition coefficient (Wildman–Crippen LogP) is 3.15. The topological polar surface area (TPSA) is 55.2 Å². The summed E-state index contributed by atoms with van der Waals surface area (Å²) in [5.74, 6) is -0.350. The summed E-state index contributed by atoms with van der Waals surface area (Å²) in [5.41, 5.74) is 1.45. The van der Waals surface area contributed by atoms with Crippen LogP contribution in [0.25, 0.3) is 10.9 Å². The number of para-hydroxylation sites is 1. The highest BCUT2D eigenvalue weighted by Gasteiger charge is 2.17. The Morgan fingerprint density at radius 1 is 1.19 bits per heavy atom. The molecule has 26 heavy (non-hydrogen) atoms. The molecule has 0 aliphatic heterocycles. The molecule has 0 bridgehead atoms. The number of aryl methyl sites for hydroxylation is 1. The van der Waals surface area contributed by atoms with Crippen molar-refractivity contribution in [2.24, 2.45) is 0 Å². The quantitative estimate of drug-likeness (QED) is 0.708. The van der Waals surface area contributed by atoms with Gasteiger partial charge in [-0.25, -0.2) is 4.39 Å². The molecular weight excluding hydrogens is 333 g/mol. The van der Waals surface area contributed by atoms with Crippen LogP contribution in [-0.4, -0.2) is 27.6 Å². The maximum atomic E-state index is 13.1. The van der Waals surface area contributed by atoms with E-state index in [-0.39, 0.29) is 29.6 Å². The minimum Gasteiger partial charge on any atom is -0.339 e. The van der Waals surface area contributed by atoms with Gasteiger partial charge in [0.15, 0.2) is 0 Å². The molecule has 134 valence electrons. The summed E-state index contributed by atoms with van der Waals surface area (Å²) in [6.07, 6.45) is 1.53. The summed E-state index contributed by atoms with van der Waals surface area (Å²) in [5, 5.41) is 4.73. The lowest BCUT2D eigenvalue weighted by atomic mass is 10.1. The third-order valence-corrected chi connectivity index (χ3v) is 4.63. The number of hydrogen-bond acceptors (Lipinski definition) is 3. The van der Waals surface area contributed by atoms with Crippen molar-refractivity contribution >= 4 is 16.8 Å². The minimum absolute atomic E-state index is 0.0496. The Bertz CT molecular complexity index is 982. The molecule has 0 aliphatic rings. The van der Waals surface area contributed by atoms with Crippen LogP contribution in [0.5, 0.6) is 0 Å². The van der Waals surface area contributed by atoms with Crippen molar-refractivity contribution in [1.29, 1.82) is 0 Å². The first kappa shape index (κ1) is 17.8. The van der Waals surface area contributed by atoms with Gasteiger partial charge in [-0.15, -0.1) is 0 Å². The Labute approximate surface area is 150 Å². The van der Waals surface area contributed by atoms with Crippen LogP contribution < -0.4 is 5.43 Å². The molecule has 5 nitrogen and oxygen atoms in total. The van der Waals surface area contributed by atoms with Crippen LogP contribution in [0.2, 0.25) is 0 Å². The number of fused-ring (bicyclic) bond motifs is 1. The van der Waals surface area contributed by atoms with E-state index in [1.807, 2.05) is 19.1 Å². The van der Waals surface area contributed by atoms with Gasteiger partial charge in [0.2, 0.25) is 11.3 Å². The van der Waals surface area contributed by atoms with Gasteiger partial charge in [0.1, 0.15) is 5.82 Å². The van der Waals surface area contributed by atoms with Crippen LogP contribution in [0.3, 0.4) is 0 Å². The number of halogens is 1. The first-order chi connectivity index (χ1) is 12.5. The van der Waals surface area contributed by atoms with Crippen LogP contribution in [-0.2, 0) is 11.3 Å². The van der Waals surface area contributed by atoms with Crippen molar-refractivity contribution in [3.63, 3.8) is 0 Å². The number of amides is 1. The fourth-order valence-electron chi connectivity index (χ4n) is 2.90. The van der Waals surface area contributed by atoms with E-state index in [9.17, 15) is 14.0 Å². The van der Waals surface area contributed by atoms with E-state index in [0.29, 0.717) is 17.4 Å². The van der Waals surface area contributed by atoms with Crippen LogP contribution in [0.1, 0.15) is 24.9 Å². The fourth-order valence-corrected chi connectivity index (χ4v) is 2.90. The second-order valence-corrected chi connectivity index (χ2v) is 6.23. The number of benzene rings is 2. The van der Waals surface area contributed by atoms with Gasteiger partial charge in [0.25, 0.3) is 0 Å². The number of aromatic nitrogens is 2. The number of nitrogens with zero attached hydrogens (tertiary/aromatic N) is 3. The lowest BCUT2D eigenvalue weighted by molar-refractivity contribution is -0.132. The Balaban J connectivity index is 1.71. The van der Waals surface area contributed by atoms with Gasteiger partial charge >= 0.3 is 0 Å². The van der Waals surface area contributed by atoms with Crippen molar-refractivity contribution in [2.45, 2.75) is 25.9 Å². The summed E-state index contributed by atoms with van der Waals surface area (Å²) < 4.78 is 14.7. The van der Waals surface area contributed by atoms with E-state index < -0.39 is 0 Å². The Morgan fingerprint density at radius 3 is 2.62 bits per heavy atom. The third kappa shape index (κ3) is 3.64. The van der Waals surface area contributed by atoms with Crippen LogP contribution in [0, 0.1) is 5.82 Å². The largest absolute Gasteiger partial charge is 0.339 e. The molecule has 2 aromatic carbocycles. The van der Waals surface area contributed by atoms with Gasteiger partial charge in [-0.3, -0.25) is 14.3 Å². The monoisotopic (exact) mass is 353 g/mol. The van der Waals surface area contributed by atoms with Crippen molar-refractivity contribution in [3.8, 4) is 0 Å². The average Bonchev–Trinajstić information content (AvgIpc) is 2.67. The van der Waals surface area contributed by atoms with E-state index in [0.717, 1.165) is 5.56 Å². The predicted molar refractivity (Wildman–Crippen MR) is 98.2 cm³/mol. The van der Waals surface area contributed by atoms with Gasteiger partial charge in [-0.05, 0) is 36.8 Å². The summed E-state index contributed by atoms with van der Waals surface area (Å²) in [6.45, 7) is 2.28. The van der Waals surface area contributed by atoms with Crippen molar-refractivity contribution in [1.82, 2.24) is 14.7 Å². The highest BCUT2D eigenvalue weighted by molar-refractivity contribution is 5.79. The van der Waals surface area contributed by atoms with Gasteiger partial charge in [0.05, 0.1) is 24.3 Å². The molecule has 0 radical (unpaired) electrons. The van der Waals surface area contributed by atoms with Gasteiger partial charge < -0.3 is 4.90 Å². The normalized spacial score (nSPS) is 12.1. The third-order valence-electron chi connectivity index (χ3n) is 4.63. The molecule has 0 unspecified atom stereocenters. The van der Waals surface area contributed by atoms with Gasteiger partial charge in [0, 0.05) is 18.9 Å². The molecule has 0 saturated carbocycles. The molecule has 0 spiro atoms. The number of carbonyl (C=O) groups is 1. The van der Waals surface area contributed by atoms with E-state index in [1.165, 1.54) is 18.3 Å². The van der Waals surface area contributed by atoms with Crippen LogP contribution >= 0.6 is 0 Å². The van der Waals surface area contributed by atoms with Gasteiger partial charge in [-0.2, -0.15) is 5.10 Å². The number of hydrogen-bond donors (Lipinski definition) is 0. The highest BCUT2D eigenvalue weighted by Crippen LogP contribution is 2.20. The van der Waals surface area contributed by atoms with Crippen molar-refractivity contribution in [2.75, 3.05) is 7.05 Å². The maximum absolute atomic E-state index is 13.1. The molecule has 0 fully saturated rings. The minimum atomic E-state index is -0.300. The molecule has 3 aromatic rings. The standard InChI is InChI=1S/C20H20FN3O2/c1-14(15-7-9-16(21)10-8-15)23(2)20(26)11-12-24-18-6-4-3-5-17(18)19(25)13-22-24/h3-10,13-14H,11-12H2,1-2H3/t14-/m1/s1. The molecule has 1 atom stereocenters. The van der Waals surface area contributed by atoms with E-state index >= 15 is 0 Å². The van der Waals surface area contributed by atoms with E-state index in [4.69, 9.17) is 0 Å². The molecule has 6 heteroatoms. The molecule has 1 amide bonds. The zero-order valence-corrected chi connectivity index (χ0v) is 14.7. The van der Waals surface area contributed by atoms with Gasteiger partial charge in [-0.1, -0.05) is 24.3 Å². The molecule has 1 heterocycles. The van der Waals surface area contributed by atoms with E-state index in [1.54, 1.807) is 40.9 Å². The van der Waals surface area contributed by atoms with E-state index in [2.05, 4.69) is 5.10 Å². The van der Waals surface area contributed by atoms with Crippen molar-refractivity contribution in [3.05, 3.63) is 76.3 Å². The Kier molecular flexibility index (Phi) is 5.11. The van der Waals surface area contributed by atoms with Crippen molar-refractivity contribution < 1.29 is 9.18 Å². The number of rotatable bonds is 5. The smallest absolute Gasteiger partial charge is 0.224 e. The molecule has 0 aliphatic carbocycles. The molecule has 3 rings (SSSR count). The summed E-state index contributed by atoms with van der Waals surface area (Å²) in [6, 6.07) is 13.2. The lowest BCUT2D eigenvalue weighted by Gasteiger charge is -2.25. The summed E-state index contributed by atoms with van der Waals surface area (Å²) in [4.78, 5) is 26.1. The Hall–Kier alpha value is -3.02. The fraction of sp³-hybridized carbons (Fsp3) is 0.250. The second kappa shape index (κ2) is 7.47. The summed E-state index contributed by atoms with van der Waals surface area (Å²) in [7, 11) is 1.73. The molecule has 0 saturated heterocycles. The SMILES string of the molecule is C[C@H](c1ccc(F)cc1)N(C)C(=O)CCn1ncc(=O)c2ccccc21. The second-order valence-electron chi connectivity index (χ2n) is 6.23. The average molecular weight is 353 g/mol. The highest BCUT2D eigenvalue weighted by atomic mass is 19.1. The zero-order valence-electron chi connectivity index (χ0n) is 14.7. The van der Waals surface area contributed by atoms with Crippen LogP contribution in [0.15, 0.2) is 59.5 Å². The first-order valence-corrected chi connectivity index (χ1v) is 8.43. The Morgan fingerprint density at radius 2 is 1.88 bits per heavy atom. The molecule has 1 aromatic heterocycles. The number of carbonyl (C=O) groups excluding carboxylic acids is 1. The zero-order chi connectivity index (χ0) is 18.7.